The van der Waals surface area contributed by atoms with Gasteiger partial charge in [0.15, 0.2) is 0 Å². The zero-order valence-electron chi connectivity index (χ0n) is 17.0. The minimum Gasteiger partial charge on any atom is -0.354 e. The molecule has 0 bridgehead atoms. The van der Waals surface area contributed by atoms with Crippen LogP contribution in [-0.2, 0) is 14.4 Å². The molecule has 2 aliphatic heterocycles. The summed E-state index contributed by atoms with van der Waals surface area (Å²) in [6.45, 7) is 10.1. The fraction of sp³-hybridized carbons (Fsp3) is 0.842. The van der Waals surface area contributed by atoms with E-state index >= 15 is 0 Å². The van der Waals surface area contributed by atoms with E-state index in [2.05, 4.69) is 16.0 Å². The molecule has 2 aliphatic rings. The first-order valence-corrected chi connectivity index (χ1v) is 9.79. The molecular weight excluding hydrogens is 368 g/mol. The lowest BCUT2D eigenvalue weighted by atomic mass is 9.95. The van der Waals surface area contributed by atoms with Crippen molar-refractivity contribution in [1.82, 2.24) is 20.9 Å². The van der Waals surface area contributed by atoms with E-state index in [0.29, 0.717) is 19.6 Å². The second-order valence-corrected chi connectivity index (χ2v) is 8.63. The van der Waals surface area contributed by atoms with Gasteiger partial charge in [0.05, 0.1) is 6.04 Å². The number of hydrogen-bond acceptors (Lipinski definition) is 4. The molecule has 3 N–H and O–H groups in total. The van der Waals surface area contributed by atoms with Crippen LogP contribution in [0.5, 0.6) is 0 Å². The Bertz CT molecular complexity index is 530. The number of nitrogens with zero attached hydrogens (tertiary/aromatic N) is 1. The number of likely N-dealkylation sites (tertiary alicyclic amines) is 1. The number of piperidine rings is 1. The Balaban J connectivity index is 0.00000364. The smallest absolute Gasteiger partial charge is 0.244 e. The molecule has 7 nitrogen and oxygen atoms in total. The van der Waals surface area contributed by atoms with Crippen molar-refractivity contribution in [2.45, 2.75) is 65.5 Å². The van der Waals surface area contributed by atoms with E-state index in [1.165, 1.54) is 0 Å². The Kier molecular flexibility index (Phi) is 9.02. The molecule has 0 spiro atoms. The predicted octanol–water partition coefficient (Wildman–Crippen LogP) is 1.07. The standard InChI is InChI=1S/C19H34N4O3.ClH/c1-13(22-18(26)19(2,3)4)17(25)23-10-6-7-14(12-23)11-21-16(24)15-8-5-9-20-15;/h13-15,20H,5-12H2,1-4H3,(H,21,24)(H,22,26);1H. The second kappa shape index (κ2) is 10.3. The summed E-state index contributed by atoms with van der Waals surface area (Å²) in [6.07, 6.45) is 3.87. The van der Waals surface area contributed by atoms with E-state index in [1.54, 1.807) is 6.92 Å². The summed E-state index contributed by atoms with van der Waals surface area (Å²) >= 11 is 0. The van der Waals surface area contributed by atoms with Gasteiger partial charge in [-0.2, -0.15) is 0 Å². The fourth-order valence-electron chi connectivity index (χ4n) is 3.46. The van der Waals surface area contributed by atoms with Gasteiger partial charge in [-0.05, 0) is 45.1 Å². The molecule has 2 heterocycles. The van der Waals surface area contributed by atoms with Crippen LogP contribution < -0.4 is 16.0 Å². The number of rotatable bonds is 5. The molecular formula is C19H35ClN4O3. The van der Waals surface area contributed by atoms with Crippen LogP contribution in [0.3, 0.4) is 0 Å². The molecule has 0 aliphatic carbocycles. The average Bonchev–Trinajstić information content (AvgIpc) is 3.13. The van der Waals surface area contributed by atoms with Gasteiger partial charge in [0.2, 0.25) is 17.7 Å². The normalized spacial score (nSPS) is 23.9. The van der Waals surface area contributed by atoms with Crippen LogP contribution in [0.15, 0.2) is 0 Å². The van der Waals surface area contributed by atoms with Crippen molar-refractivity contribution >= 4 is 30.1 Å². The van der Waals surface area contributed by atoms with Crippen LogP contribution in [0.2, 0.25) is 0 Å². The number of amides is 3. The third kappa shape index (κ3) is 6.96. The zero-order chi connectivity index (χ0) is 19.3. The predicted molar refractivity (Wildman–Crippen MR) is 108 cm³/mol. The maximum atomic E-state index is 12.7. The third-order valence-corrected chi connectivity index (χ3v) is 5.17. The number of carbonyl (C=O) groups is 3. The second-order valence-electron chi connectivity index (χ2n) is 8.63. The Labute approximate surface area is 168 Å². The largest absolute Gasteiger partial charge is 0.354 e. The maximum Gasteiger partial charge on any atom is 0.244 e. The Morgan fingerprint density at radius 3 is 2.48 bits per heavy atom. The molecule has 0 saturated carbocycles. The number of halogens is 1. The average molecular weight is 403 g/mol. The lowest BCUT2D eigenvalue weighted by Gasteiger charge is -2.35. The lowest BCUT2D eigenvalue weighted by molar-refractivity contribution is -0.139. The minimum atomic E-state index is -0.530. The zero-order valence-corrected chi connectivity index (χ0v) is 17.8. The maximum absolute atomic E-state index is 12.7. The molecule has 0 aromatic rings. The van der Waals surface area contributed by atoms with Crippen molar-refractivity contribution in [2.24, 2.45) is 11.3 Å². The van der Waals surface area contributed by atoms with Gasteiger partial charge in [-0.25, -0.2) is 0 Å². The van der Waals surface area contributed by atoms with Crippen molar-refractivity contribution in [3.63, 3.8) is 0 Å². The molecule has 8 heteroatoms. The molecule has 0 aromatic heterocycles. The molecule has 2 rings (SSSR count). The first kappa shape index (κ1) is 23.7. The highest BCUT2D eigenvalue weighted by molar-refractivity contribution is 5.89. The van der Waals surface area contributed by atoms with E-state index in [9.17, 15) is 14.4 Å². The van der Waals surface area contributed by atoms with Crippen molar-refractivity contribution in [3.8, 4) is 0 Å². The number of carbonyl (C=O) groups excluding carboxylic acids is 3. The van der Waals surface area contributed by atoms with E-state index in [1.807, 2.05) is 25.7 Å². The summed E-state index contributed by atoms with van der Waals surface area (Å²) in [4.78, 5) is 38.7. The van der Waals surface area contributed by atoms with Gasteiger partial charge in [0.25, 0.3) is 0 Å². The molecule has 0 aromatic carbocycles. The molecule has 3 unspecified atom stereocenters. The minimum absolute atomic E-state index is 0. The molecule has 0 radical (unpaired) electrons. The van der Waals surface area contributed by atoms with Gasteiger partial charge in [-0.15, -0.1) is 12.4 Å². The highest BCUT2D eigenvalue weighted by Gasteiger charge is 2.30. The molecule has 2 saturated heterocycles. The summed E-state index contributed by atoms with van der Waals surface area (Å²) in [6, 6.07) is -0.596. The Morgan fingerprint density at radius 1 is 1.19 bits per heavy atom. The highest BCUT2D eigenvalue weighted by atomic mass is 35.5. The molecule has 27 heavy (non-hydrogen) atoms. The van der Waals surface area contributed by atoms with Crippen LogP contribution in [0, 0.1) is 11.3 Å². The highest BCUT2D eigenvalue weighted by Crippen LogP contribution is 2.18. The van der Waals surface area contributed by atoms with Gasteiger partial charge < -0.3 is 20.9 Å². The first-order valence-electron chi connectivity index (χ1n) is 9.79. The summed E-state index contributed by atoms with van der Waals surface area (Å²) in [5, 5.41) is 9.04. The van der Waals surface area contributed by atoms with E-state index < -0.39 is 11.5 Å². The lowest BCUT2D eigenvalue weighted by Crippen LogP contribution is -2.53. The van der Waals surface area contributed by atoms with Crippen molar-refractivity contribution in [1.29, 1.82) is 0 Å². The van der Waals surface area contributed by atoms with Crippen LogP contribution in [0.4, 0.5) is 0 Å². The monoisotopic (exact) mass is 402 g/mol. The van der Waals surface area contributed by atoms with Gasteiger partial charge >= 0.3 is 0 Å². The van der Waals surface area contributed by atoms with E-state index in [4.69, 9.17) is 0 Å². The molecule has 3 amide bonds. The van der Waals surface area contributed by atoms with Gasteiger partial charge in [0, 0.05) is 25.0 Å². The molecule has 156 valence electrons. The van der Waals surface area contributed by atoms with E-state index in [-0.39, 0.29) is 42.1 Å². The van der Waals surface area contributed by atoms with E-state index in [0.717, 1.165) is 32.2 Å². The van der Waals surface area contributed by atoms with Crippen molar-refractivity contribution in [3.05, 3.63) is 0 Å². The van der Waals surface area contributed by atoms with Crippen LogP contribution in [-0.4, -0.2) is 60.9 Å². The number of hydrogen-bond donors (Lipinski definition) is 3. The Morgan fingerprint density at radius 2 is 1.89 bits per heavy atom. The van der Waals surface area contributed by atoms with Gasteiger partial charge in [0.1, 0.15) is 6.04 Å². The SMILES string of the molecule is CC(NC(=O)C(C)(C)C)C(=O)N1CCCC(CNC(=O)C2CCCN2)C1.Cl. The summed E-state index contributed by atoms with van der Waals surface area (Å²) < 4.78 is 0. The fourth-order valence-corrected chi connectivity index (χ4v) is 3.46. The molecule has 3 atom stereocenters. The van der Waals surface area contributed by atoms with Gasteiger partial charge in [-0.3, -0.25) is 14.4 Å². The van der Waals surface area contributed by atoms with Gasteiger partial charge in [-0.1, -0.05) is 20.8 Å². The number of nitrogens with one attached hydrogen (secondary N) is 3. The first-order chi connectivity index (χ1) is 12.2. The van der Waals surface area contributed by atoms with Crippen LogP contribution in [0.25, 0.3) is 0 Å². The quantitative estimate of drug-likeness (QED) is 0.641. The van der Waals surface area contributed by atoms with Crippen LogP contribution in [0.1, 0.15) is 53.4 Å². The summed E-state index contributed by atoms with van der Waals surface area (Å²) in [5.74, 6) is 0.166. The Hall–Kier alpha value is -1.34. The summed E-state index contributed by atoms with van der Waals surface area (Å²) in [5.41, 5.74) is -0.516. The topological polar surface area (TPSA) is 90.5 Å². The molecule has 2 fully saturated rings. The van der Waals surface area contributed by atoms with Crippen molar-refractivity contribution < 1.29 is 14.4 Å². The van der Waals surface area contributed by atoms with Crippen LogP contribution >= 0.6 is 12.4 Å². The third-order valence-electron chi connectivity index (χ3n) is 5.17. The van der Waals surface area contributed by atoms with Crippen molar-refractivity contribution in [2.75, 3.05) is 26.2 Å². The summed E-state index contributed by atoms with van der Waals surface area (Å²) in [7, 11) is 0.